The van der Waals surface area contributed by atoms with E-state index in [0.717, 1.165) is 11.4 Å². The van der Waals surface area contributed by atoms with Crippen molar-refractivity contribution in [3.05, 3.63) is 16.8 Å². The lowest BCUT2D eigenvalue weighted by atomic mass is 9.93. The highest BCUT2D eigenvalue weighted by Crippen LogP contribution is 2.28. The lowest BCUT2D eigenvalue weighted by Crippen LogP contribution is -2.28. The molecule has 1 aromatic heterocycles. The van der Waals surface area contributed by atoms with Crippen molar-refractivity contribution in [2.24, 2.45) is 0 Å². The molecule has 1 aromatic rings. The van der Waals surface area contributed by atoms with Crippen molar-refractivity contribution < 1.29 is 0 Å². The number of aromatic nitrogens is 1. The van der Waals surface area contributed by atoms with Crippen molar-refractivity contribution in [1.82, 2.24) is 4.98 Å². The number of anilines is 2. The van der Waals surface area contributed by atoms with E-state index in [0.29, 0.717) is 16.9 Å². The summed E-state index contributed by atoms with van der Waals surface area (Å²) in [6, 6.07) is 2.31. The Bertz CT molecular complexity index is 347. The summed E-state index contributed by atoms with van der Waals surface area (Å²) in [4.78, 5) is 4.18. The first-order chi connectivity index (χ1) is 6.66. The fourth-order valence-electron chi connectivity index (χ4n) is 1.50. The number of pyridine rings is 1. The van der Waals surface area contributed by atoms with Crippen LogP contribution in [0.5, 0.6) is 0 Å². The summed E-state index contributed by atoms with van der Waals surface area (Å²) in [7, 11) is 0. The fraction of sp³-hybridized carbons (Fsp3) is 0.500. The van der Waals surface area contributed by atoms with Crippen LogP contribution in [0.4, 0.5) is 11.5 Å². The molecule has 0 unspecified atom stereocenters. The Morgan fingerprint density at radius 1 is 1.57 bits per heavy atom. The maximum absolute atomic E-state index is 5.89. The number of halogens is 1. The third kappa shape index (κ3) is 1.77. The number of aryl methyl sites for hydroxylation is 1. The number of nitrogens with two attached hydrogens (primary N) is 1. The standard InChI is InChI=1S/C10H14ClN3/c1-6-5-8(11)14-10(9(6)12)13-7-3-2-4-7/h5,7H,2-4,12H2,1H3,(H,13,14). The van der Waals surface area contributed by atoms with Crippen LogP contribution in [-0.2, 0) is 0 Å². The molecule has 4 heteroatoms. The Kier molecular flexibility index (Phi) is 2.50. The second-order valence-corrected chi connectivity index (χ2v) is 4.18. The lowest BCUT2D eigenvalue weighted by molar-refractivity contribution is 0.444. The molecule has 14 heavy (non-hydrogen) atoms. The van der Waals surface area contributed by atoms with E-state index in [4.69, 9.17) is 17.3 Å². The van der Waals surface area contributed by atoms with E-state index in [2.05, 4.69) is 10.3 Å². The van der Waals surface area contributed by atoms with Gasteiger partial charge in [0.2, 0.25) is 0 Å². The monoisotopic (exact) mass is 211 g/mol. The minimum atomic E-state index is 0.499. The van der Waals surface area contributed by atoms with Gasteiger partial charge in [0.25, 0.3) is 0 Å². The smallest absolute Gasteiger partial charge is 0.151 e. The Morgan fingerprint density at radius 3 is 2.86 bits per heavy atom. The Balaban J connectivity index is 2.22. The number of nitrogens with zero attached hydrogens (tertiary/aromatic N) is 1. The van der Waals surface area contributed by atoms with Crippen molar-refractivity contribution >= 4 is 23.1 Å². The molecule has 0 amide bonds. The molecule has 1 saturated carbocycles. The van der Waals surface area contributed by atoms with Gasteiger partial charge in [-0.05, 0) is 37.8 Å². The van der Waals surface area contributed by atoms with Gasteiger partial charge in [-0.3, -0.25) is 0 Å². The first kappa shape index (κ1) is 9.59. The van der Waals surface area contributed by atoms with Crippen molar-refractivity contribution in [3.8, 4) is 0 Å². The van der Waals surface area contributed by atoms with Gasteiger partial charge in [-0.1, -0.05) is 11.6 Å². The maximum atomic E-state index is 5.89. The summed E-state index contributed by atoms with van der Waals surface area (Å²) in [5, 5.41) is 3.81. The molecular weight excluding hydrogens is 198 g/mol. The van der Waals surface area contributed by atoms with E-state index in [1.165, 1.54) is 19.3 Å². The average Bonchev–Trinajstić information content (AvgIpc) is 2.05. The van der Waals surface area contributed by atoms with Gasteiger partial charge in [0.05, 0.1) is 5.69 Å². The molecule has 1 aliphatic carbocycles. The highest BCUT2D eigenvalue weighted by Gasteiger charge is 2.19. The van der Waals surface area contributed by atoms with Crippen LogP contribution in [-0.4, -0.2) is 11.0 Å². The quantitative estimate of drug-likeness (QED) is 0.740. The van der Waals surface area contributed by atoms with Gasteiger partial charge in [-0.2, -0.15) is 0 Å². The summed E-state index contributed by atoms with van der Waals surface area (Å²) in [6.07, 6.45) is 3.69. The molecule has 0 aromatic carbocycles. The van der Waals surface area contributed by atoms with E-state index in [9.17, 15) is 0 Å². The number of nitrogens with one attached hydrogen (secondary N) is 1. The van der Waals surface area contributed by atoms with E-state index < -0.39 is 0 Å². The van der Waals surface area contributed by atoms with Gasteiger partial charge in [-0.25, -0.2) is 4.98 Å². The van der Waals surface area contributed by atoms with Gasteiger partial charge < -0.3 is 11.1 Å². The van der Waals surface area contributed by atoms with E-state index in [-0.39, 0.29) is 0 Å². The van der Waals surface area contributed by atoms with E-state index >= 15 is 0 Å². The summed E-state index contributed by atoms with van der Waals surface area (Å²) >= 11 is 5.86. The highest BCUT2D eigenvalue weighted by atomic mass is 35.5. The minimum absolute atomic E-state index is 0.499. The highest BCUT2D eigenvalue weighted by molar-refractivity contribution is 6.29. The summed E-state index contributed by atoms with van der Waals surface area (Å²) in [6.45, 7) is 1.94. The molecule has 3 N–H and O–H groups in total. The summed E-state index contributed by atoms with van der Waals surface area (Å²) < 4.78 is 0. The van der Waals surface area contributed by atoms with Crippen LogP contribution in [0.2, 0.25) is 5.15 Å². The molecule has 3 nitrogen and oxygen atoms in total. The van der Waals surface area contributed by atoms with E-state index in [1.807, 2.05) is 6.92 Å². The number of rotatable bonds is 2. The Hall–Kier alpha value is -0.960. The van der Waals surface area contributed by atoms with Crippen molar-refractivity contribution in [2.75, 3.05) is 11.1 Å². The van der Waals surface area contributed by atoms with Gasteiger partial charge in [0.15, 0.2) is 5.82 Å². The van der Waals surface area contributed by atoms with Crippen LogP contribution in [0, 0.1) is 6.92 Å². The Morgan fingerprint density at radius 2 is 2.29 bits per heavy atom. The van der Waals surface area contributed by atoms with E-state index in [1.54, 1.807) is 6.07 Å². The molecule has 0 bridgehead atoms. The molecule has 2 rings (SSSR count). The zero-order chi connectivity index (χ0) is 10.1. The van der Waals surface area contributed by atoms with Gasteiger partial charge >= 0.3 is 0 Å². The second-order valence-electron chi connectivity index (χ2n) is 3.80. The second kappa shape index (κ2) is 3.65. The Labute approximate surface area is 88.7 Å². The van der Waals surface area contributed by atoms with Crippen LogP contribution in [0.25, 0.3) is 0 Å². The summed E-state index contributed by atoms with van der Waals surface area (Å²) in [5.74, 6) is 0.736. The largest absolute Gasteiger partial charge is 0.396 e. The van der Waals surface area contributed by atoms with Crippen LogP contribution < -0.4 is 11.1 Å². The lowest BCUT2D eigenvalue weighted by Gasteiger charge is -2.27. The third-order valence-corrected chi connectivity index (χ3v) is 2.87. The first-order valence-corrected chi connectivity index (χ1v) is 5.24. The van der Waals surface area contributed by atoms with Gasteiger partial charge in [-0.15, -0.1) is 0 Å². The van der Waals surface area contributed by atoms with Crippen LogP contribution >= 0.6 is 11.6 Å². The molecule has 1 heterocycles. The molecule has 0 atom stereocenters. The normalized spacial score (nSPS) is 16.4. The number of nitrogen functional groups attached to an aromatic ring is 1. The minimum Gasteiger partial charge on any atom is -0.396 e. The summed E-state index contributed by atoms with van der Waals surface area (Å²) in [5.41, 5.74) is 7.58. The molecule has 1 fully saturated rings. The molecule has 0 spiro atoms. The topological polar surface area (TPSA) is 50.9 Å². The van der Waals surface area contributed by atoms with Crippen molar-refractivity contribution in [3.63, 3.8) is 0 Å². The predicted molar refractivity (Wildman–Crippen MR) is 59.7 cm³/mol. The first-order valence-electron chi connectivity index (χ1n) is 4.86. The predicted octanol–water partition coefficient (Wildman–Crippen LogP) is 2.59. The third-order valence-electron chi connectivity index (χ3n) is 2.68. The molecule has 0 aliphatic heterocycles. The fourth-order valence-corrected chi connectivity index (χ4v) is 1.75. The van der Waals surface area contributed by atoms with Crippen LogP contribution in [0.1, 0.15) is 24.8 Å². The SMILES string of the molecule is Cc1cc(Cl)nc(NC2CCC2)c1N. The molecular formula is C10H14ClN3. The van der Waals surface area contributed by atoms with Crippen molar-refractivity contribution in [2.45, 2.75) is 32.2 Å². The van der Waals surface area contributed by atoms with Crippen LogP contribution in [0.3, 0.4) is 0 Å². The van der Waals surface area contributed by atoms with Crippen LogP contribution in [0.15, 0.2) is 6.07 Å². The zero-order valence-corrected chi connectivity index (χ0v) is 8.93. The molecule has 0 radical (unpaired) electrons. The van der Waals surface area contributed by atoms with Gasteiger partial charge in [0, 0.05) is 6.04 Å². The molecule has 76 valence electrons. The molecule has 1 aliphatic rings. The molecule has 0 saturated heterocycles. The number of hydrogen-bond donors (Lipinski definition) is 2. The average molecular weight is 212 g/mol. The zero-order valence-electron chi connectivity index (χ0n) is 8.18. The van der Waals surface area contributed by atoms with Gasteiger partial charge in [0.1, 0.15) is 5.15 Å². The van der Waals surface area contributed by atoms with Crippen molar-refractivity contribution in [1.29, 1.82) is 0 Å². The maximum Gasteiger partial charge on any atom is 0.151 e. The number of hydrogen-bond acceptors (Lipinski definition) is 3.